The number of allylic oxidation sites excluding steroid dienone is 1. The van der Waals surface area contributed by atoms with Crippen molar-refractivity contribution in [1.29, 1.82) is 0 Å². The van der Waals surface area contributed by atoms with Crippen molar-refractivity contribution in [2.75, 3.05) is 11.1 Å². The quantitative estimate of drug-likeness (QED) is 0.624. The van der Waals surface area contributed by atoms with Gasteiger partial charge in [-0.3, -0.25) is 4.98 Å². The first-order chi connectivity index (χ1) is 8.84. The summed E-state index contributed by atoms with van der Waals surface area (Å²) in [5.41, 5.74) is 8.71. The van der Waals surface area contributed by atoms with Gasteiger partial charge in [-0.15, -0.1) is 0 Å². The molecule has 2 aromatic rings. The first-order valence-electron chi connectivity index (χ1n) is 6.39. The van der Waals surface area contributed by atoms with Crippen LogP contribution in [-0.2, 0) is 0 Å². The molecule has 1 aliphatic rings. The van der Waals surface area contributed by atoms with Crippen LogP contribution >= 0.6 is 0 Å². The molecular weight excluding hydrogens is 222 g/mol. The lowest BCUT2D eigenvalue weighted by Crippen LogP contribution is -2.20. The van der Waals surface area contributed by atoms with Crippen molar-refractivity contribution < 1.29 is 0 Å². The summed E-state index contributed by atoms with van der Waals surface area (Å²) in [6, 6.07) is 8.52. The van der Waals surface area contributed by atoms with Crippen LogP contribution in [0.4, 0.5) is 11.4 Å². The number of hydrogen-bond acceptors (Lipinski definition) is 3. The molecule has 3 nitrogen and oxygen atoms in total. The van der Waals surface area contributed by atoms with Crippen LogP contribution in [0.25, 0.3) is 10.9 Å². The zero-order chi connectivity index (χ0) is 12.4. The number of fused-ring (bicyclic) bond motifs is 1. The van der Waals surface area contributed by atoms with Crippen molar-refractivity contribution in [3.63, 3.8) is 0 Å². The highest BCUT2D eigenvalue weighted by Crippen LogP contribution is 2.28. The average molecular weight is 239 g/mol. The summed E-state index contributed by atoms with van der Waals surface area (Å²) in [5, 5.41) is 4.71. The van der Waals surface area contributed by atoms with Gasteiger partial charge in [0, 0.05) is 23.3 Å². The van der Waals surface area contributed by atoms with Crippen molar-refractivity contribution in [2.24, 2.45) is 0 Å². The van der Waals surface area contributed by atoms with Gasteiger partial charge in [-0.25, -0.2) is 0 Å². The van der Waals surface area contributed by atoms with Gasteiger partial charge in [-0.1, -0.05) is 12.2 Å². The Labute approximate surface area is 107 Å². The average Bonchev–Trinajstić information content (AvgIpc) is 2.44. The lowest BCUT2D eigenvalue weighted by atomic mass is 10.0. The summed E-state index contributed by atoms with van der Waals surface area (Å²) in [7, 11) is 0. The fraction of sp³-hybridized carbons (Fsp3) is 0.267. The highest BCUT2D eigenvalue weighted by molar-refractivity contribution is 5.98. The predicted octanol–water partition coefficient (Wildman–Crippen LogP) is 3.34. The Kier molecular flexibility index (Phi) is 2.89. The maximum atomic E-state index is 5.96. The van der Waals surface area contributed by atoms with E-state index in [9.17, 15) is 0 Å². The minimum Gasteiger partial charge on any atom is -0.397 e. The number of rotatable bonds is 2. The molecule has 0 amide bonds. The van der Waals surface area contributed by atoms with Gasteiger partial charge in [0.05, 0.1) is 11.2 Å². The van der Waals surface area contributed by atoms with E-state index in [1.807, 2.05) is 12.1 Å². The predicted molar refractivity (Wildman–Crippen MR) is 76.6 cm³/mol. The molecule has 18 heavy (non-hydrogen) atoms. The maximum absolute atomic E-state index is 5.96. The minimum atomic E-state index is 0.516. The van der Waals surface area contributed by atoms with Crippen LogP contribution in [0, 0.1) is 0 Å². The second-order valence-corrected chi connectivity index (χ2v) is 4.73. The molecule has 0 aliphatic heterocycles. The number of benzene rings is 1. The number of nitrogens with two attached hydrogens (primary N) is 1. The summed E-state index contributed by atoms with van der Waals surface area (Å²) < 4.78 is 0. The highest BCUT2D eigenvalue weighted by Gasteiger charge is 2.11. The first-order valence-corrected chi connectivity index (χ1v) is 6.39. The molecule has 0 bridgehead atoms. The Morgan fingerprint density at radius 2 is 2.17 bits per heavy atom. The fourth-order valence-corrected chi connectivity index (χ4v) is 2.46. The number of hydrogen-bond donors (Lipinski definition) is 2. The molecule has 92 valence electrons. The monoisotopic (exact) mass is 239 g/mol. The maximum Gasteiger partial charge on any atom is 0.0951 e. The van der Waals surface area contributed by atoms with E-state index in [1.54, 1.807) is 6.20 Å². The Hall–Kier alpha value is -2.03. The third-order valence-corrected chi connectivity index (χ3v) is 3.43. The minimum absolute atomic E-state index is 0.516. The molecule has 1 aromatic heterocycles. The largest absolute Gasteiger partial charge is 0.397 e. The van der Waals surface area contributed by atoms with E-state index >= 15 is 0 Å². The van der Waals surface area contributed by atoms with Crippen LogP contribution in [0.5, 0.6) is 0 Å². The zero-order valence-electron chi connectivity index (χ0n) is 10.3. The molecule has 1 heterocycles. The van der Waals surface area contributed by atoms with Crippen LogP contribution in [-0.4, -0.2) is 11.0 Å². The first kappa shape index (κ1) is 11.1. The molecule has 3 N–H and O–H groups in total. The number of aromatic nitrogens is 1. The molecule has 1 aliphatic carbocycles. The number of nitrogen functional groups attached to an aromatic ring is 1. The molecule has 1 unspecified atom stereocenters. The number of nitrogens with one attached hydrogen (secondary N) is 1. The SMILES string of the molecule is Nc1ccc(NC2CC=CCC2)c2cccnc12. The van der Waals surface area contributed by atoms with Gasteiger partial charge in [0.25, 0.3) is 0 Å². The smallest absolute Gasteiger partial charge is 0.0951 e. The van der Waals surface area contributed by atoms with Crippen molar-refractivity contribution in [1.82, 2.24) is 4.98 Å². The van der Waals surface area contributed by atoms with Gasteiger partial charge in [0.2, 0.25) is 0 Å². The van der Waals surface area contributed by atoms with E-state index in [4.69, 9.17) is 5.73 Å². The van der Waals surface area contributed by atoms with E-state index < -0.39 is 0 Å². The van der Waals surface area contributed by atoms with E-state index in [2.05, 4.69) is 34.6 Å². The number of anilines is 2. The van der Waals surface area contributed by atoms with Gasteiger partial charge in [-0.05, 0) is 43.5 Å². The summed E-state index contributed by atoms with van der Waals surface area (Å²) >= 11 is 0. The van der Waals surface area contributed by atoms with Crippen LogP contribution in [0.1, 0.15) is 19.3 Å². The van der Waals surface area contributed by atoms with Gasteiger partial charge in [0.15, 0.2) is 0 Å². The zero-order valence-corrected chi connectivity index (χ0v) is 10.3. The summed E-state index contributed by atoms with van der Waals surface area (Å²) in [4.78, 5) is 4.36. The van der Waals surface area contributed by atoms with Gasteiger partial charge in [0.1, 0.15) is 0 Å². The molecule has 0 saturated heterocycles. The summed E-state index contributed by atoms with van der Waals surface area (Å²) in [6.07, 6.45) is 9.71. The standard InChI is InChI=1S/C15H17N3/c16-13-8-9-14(12-7-4-10-17-15(12)13)18-11-5-2-1-3-6-11/h1-2,4,7-11,18H,3,5-6,16H2. The molecule has 0 saturated carbocycles. The number of pyridine rings is 1. The van der Waals surface area contributed by atoms with Crippen molar-refractivity contribution in [3.8, 4) is 0 Å². The van der Waals surface area contributed by atoms with Gasteiger partial charge >= 0.3 is 0 Å². The Bertz CT molecular complexity index is 589. The van der Waals surface area contributed by atoms with Crippen molar-refractivity contribution in [2.45, 2.75) is 25.3 Å². The van der Waals surface area contributed by atoms with Crippen LogP contribution in [0.15, 0.2) is 42.6 Å². The molecule has 0 spiro atoms. The normalized spacial score (nSPS) is 19.0. The van der Waals surface area contributed by atoms with Crippen LogP contribution in [0.2, 0.25) is 0 Å². The summed E-state index contributed by atoms with van der Waals surface area (Å²) in [5.74, 6) is 0. The lowest BCUT2D eigenvalue weighted by molar-refractivity contribution is 0.645. The van der Waals surface area contributed by atoms with E-state index in [0.717, 1.165) is 35.1 Å². The molecule has 3 heteroatoms. The number of nitrogens with zero attached hydrogens (tertiary/aromatic N) is 1. The molecular formula is C15H17N3. The topological polar surface area (TPSA) is 50.9 Å². The molecule has 3 rings (SSSR count). The second-order valence-electron chi connectivity index (χ2n) is 4.73. The Morgan fingerprint density at radius 3 is 3.00 bits per heavy atom. The van der Waals surface area contributed by atoms with E-state index in [1.165, 1.54) is 6.42 Å². The van der Waals surface area contributed by atoms with Gasteiger partial charge in [-0.2, -0.15) is 0 Å². The van der Waals surface area contributed by atoms with E-state index in [-0.39, 0.29) is 0 Å². The van der Waals surface area contributed by atoms with Crippen LogP contribution in [0.3, 0.4) is 0 Å². The third kappa shape index (κ3) is 2.04. The van der Waals surface area contributed by atoms with Gasteiger partial charge < -0.3 is 11.1 Å². The second kappa shape index (κ2) is 4.69. The van der Waals surface area contributed by atoms with Crippen molar-refractivity contribution in [3.05, 3.63) is 42.6 Å². The molecule has 1 atom stereocenters. The molecule has 0 fully saturated rings. The molecule has 1 aromatic carbocycles. The lowest BCUT2D eigenvalue weighted by Gasteiger charge is -2.21. The van der Waals surface area contributed by atoms with Crippen LogP contribution < -0.4 is 11.1 Å². The summed E-state index contributed by atoms with van der Waals surface area (Å²) in [6.45, 7) is 0. The van der Waals surface area contributed by atoms with E-state index in [0.29, 0.717) is 6.04 Å². The fourth-order valence-electron chi connectivity index (χ4n) is 2.46. The van der Waals surface area contributed by atoms with Crippen molar-refractivity contribution >= 4 is 22.3 Å². The Morgan fingerprint density at radius 1 is 1.22 bits per heavy atom. The molecule has 0 radical (unpaired) electrons. The third-order valence-electron chi connectivity index (χ3n) is 3.43. The Balaban J connectivity index is 1.96. The highest BCUT2D eigenvalue weighted by atomic mass is 14.9.